The minimum Gasteiger partial charge on any atom is -0.489 e. The van der Waals surface area contributed by atoms with Gasteiger partial charge in [0.25, 0.3) is 0 Å². The monoisotopic (exact) mass is 415 g/mol. The number of aryl methyl sites for hydroxylation is 1. The third-order valence-corrected chi connectivity index (χ3v) is 6.39. The largest absolute Gasteiger partial charge is 0.489 e. The fourth-order valence-corrected chi connectivity index (χ4v) is 4.45. The molecule has 0 saturated heterocycles. The number of hydrogen-bond donors (Lipinski definition) is 1. The Morgan fingerprint density at radius 1 is 0.903 bits per heavy atom. The van der Waals surface area contributed by atoms with Crippen molar-refractivity contribution < 1.29 is 9.84 Å². The Bertz CT molecular complexity index is 942. The first kappa shape index (κ1) is 21.6. The summed E-state index contributed by atoms with van der Waals surface area (Å²) < 4.78 is 6.01. The van der Waals surface area contributed by atoms with Crippen LogP contribution in [0, 0.1) is 0 Å². The predicted molar refractivity (Wildman–Crippen MR) is 126 cm³/mol. The van der Waals surface area contributed by atoms with Crippen LogP contribution in [0.25, 0.3) is 0 Å². The third kappa shape index (κ3) is 5.75. The van der Waals surface area contributed by atoms with Crippen molar-refractivity contribution in [1.29, 1.82) is 0 Å². The number of benzene rings is 3. The molecule has 1 heterocycles. The Balaban J connectivity index is 1.33. The zero-order chi connectivity index (χ0) is 21.5. The van der Waals surface area contributed by atoms with E-state index in [-0.39, 0.29) is 6.04 Å². The minimum absolute atomic E-state index is 0.120. The molecule has 4 rings (SSSR count). The third-order valence-electron chi connectivity index (χ3n) is 6.39. The average Bonchev–Trinajstić information content (AvgIpc) is 2.93. The molecule has 3 heteroatoms. The summed E-state index contributed by atoms with van der Waals surface area (Å²) >= 11 is 0. The number of fused-ring (bicyclic) bond motifs is 1. The maximum atomic E-state index is 11.0. The van der Waals surface area contributed by atoms with Crippen LogP contribution in [0.1, 0.15) is 48.1 Å². The molecule has 3 aromatic rings. The second kappa shape index (κ2) is 10.6. The van der Waals surface area contributed by atoms with Gasteiger partial charge in [0, 0.05) is 12.6 Å². The van der Waals surface area contributed by atoms with E-state index < -0.39 is 6.10 Å². The van der Waals surface area contributed by atoms with Crippen LogP contribution in [-0.2, 0) is 19.4 Å². The summed E-state index contributed by atoms with van der Waals surface area (Å²) in [5, 5.41) is 11.0. The van der Waals surface area contributed by atoms with E-state index in [0.717, 1.165) is 49.2 Å². The van der Waals surface area contributed by atoms with Gasteiger partial charge in [0.15, 0.2) is 0 Å². The Kier molecular flexibility index (Phi) is 7.39. The van der Waals surface area contributed by atoms with Crippen molar-refractivity contribution in [2.75, 3.05) is 13.1 Å². The van der Waals surface area contributed by atoms with Crippen LogP contribution in [-0.4, -0.2) is 29.1 Å². The van der Waals surface area contributed by atoms with Crippen molar-refractivity contribution >= 4 is 0 Å². The minimum atomic E-state index is -0.463. The van der Waals surface area contributed by atoms with E-state index in [1.54, 1.807) is 0 Å². The molecule has 0 aromatic heterocycles. The van der Waals surface area contributed by atoms with Gasteiger partial charge in [-0.2, -0.15) is 0 Å². The average molecular weight is 416 g/mol. The lowest BCUT2D eigenvalue weighted by molar-refractivity contribution is 0.0635. The molecule has 2 atom stereocenters. The number of aliphatic hydroxyl groups is 1. The molecule has 3 nitrogen and oxygen atoms in total. The van der Waals surface area contributed by atoms with Crippen LogP contribution in [0.2, 0.25) is 0 Å². The summed E-state index contributed by atoms with van der Waals surface area (Å²) in [5.41, 5.74) is 4.82. The molecule has 0 radical (unpaired) electrons. The van der Waals surface area contributed by atoms with Crippen molar-refractivity contribution in [3.63, 3.8) is 0 Å². The van der Waals surface area contributed by atoms with Gasteiger partial charge in [-0.05, 0) is 73.5 Å². The topological polar surface area (TPSA) is 32.7 Å². The lowest BCUT2D eigenvalue weighted by atomic mass is 9.98. The summed E-state index contributed by atoms with van der Waals surface area (Å²) in [4.78, 5) is 2.44. The number of nitrogens with zero attached hydrogens (tertiary/aromatic N) is 1. The van der Waals surface area contributed by atoms with Gasteiger partial charge in [-0.1, -0.05) is 66.7 Å². The number of aliphatic hydroxyl groups excluding tert-OH is 1. The Morgan fingerprint density at radius 3 is 2.35 bits per heavy atom. The highest BCUT2D eigenvalue weighted by molar-refractivity contribution is 5.38. The highest BCUT2D eigenvalue weighted by Gasteiger charge is 2.28. The standard InChI is InChI=1S/C28H33NO2/c1-22-28(30)27-16-15-26(31-21-24-13-6-3-7-14-24)20-25(27)17-19-29(22)18-9-8-12-23-10-4-2-5-11-23/h2-7,10-11,13-16,20,22,28,30H,8-9,12,17-19,21H2,1H3/t22-,28+/m0/s1. The Morgan fingerprint density at radius 2 is 1.61 bits per heavy atom. The van der Waals surface area contributed by atoms with Gasteiger partial charge in [0.1, 0.15) is 12.4 Å². The van der Waals surface area contributed by atoms with Gasteiger partial charge in [-0.15, -0.1) is 0 Å². The van der Waals surface area contributed by atoms with Gasteiger partial charge in [-0.25, -0.2) is 0 Å². The van der Waals surface area contributed by atoms with Gasteiger partial charge >= 0.3 is 0 Å². The van der Waals surface area contributed by atoms with E-state index in [4.69, 9.17) is 4.74 Å². The Labute approximate surface area is 186 Å². The molecule has 0 saturated carbocycles. The molecule has 0 fully saturated rings. The normalized spacial score (nSPS) is 18.9. The first-order chi connectivity index (χ1) is 15.2. The highest BCUT2D eigenvalue weighted by Crippen LogP contribution is 2.31. The van der Waals surface area contributed by atoms with Crippen LogP contribution in [0.5, 0.6) is 5.75 Å². The summed E-state index contributed by atoms with van der Waals surface area (Å²) in [6.45, 7) is 4.71. The molecule has 31 heavy (non-hydrogen) atoms. The van der Waals surface area contributed by atoms with Crippen LogP contribution in [0.4, 0.5) is 0 Å². The molecule has 1 N–H and O–H groups in total. The fourth-order valence-electron chi connectivity index (χ4n) is 4.45. The van der Waals surface area contributed by atoms with Gasteiger partial charge < -0.3 is 9.84 Å². The first-order valence-corrected chi connectivity index (χ1v) is 11.5. The summed E-state index contributed by atoms with van der Waals surface area (Å²) in [6.07, 6.45) is 3.92. The molecule has 0 bridgehead atoms. The van der Waals surface area contributed by atoms with E-state index in [1.807, 2.05) is 24.3 Å². The van der Waals surface area contributed by atoms with Crippen LogP contribution >= 0.6 is 0 Å². The number of unbranched alkanes of at least 4 members (excludes halogenated alkanes) is 1. The van der Waals surface area contributed by atoms with Crippen molar-refractivity contribution in [2.45, 2.75) is 51.4 Å². The van der Waals surface area contributed by atoms with Gasteiger partial charge in [0.05, 0.1) is 6.10 Å². The lowest BCUT2D eigenvalue weighted by Gasteiger charge is -2.30. The van der Waals surface area contributed by atoms with E-state index in [9.17, 15) is 5.11 Å². The van der Waals surface area contributed by atoms with Crippen molar-refractivity contribution in [2.24, 2.45) is 0 Å². The van der Waals surface area contributed by atoms with Crippen molar-refractivity contribution in [3.8, 4) is 5.75 Å². The highest BCUT2D eigenvalue weighted by atomic mass is 16.5. The molecular formula is C28H33NO2. The smallest absolute Gasteiger partial charge is 0.120 e. The summed E-state index contributed by atoms with van der Waals surface area (Å²) in [7, 11) is 0. The second-order valence-corrected chi connectivity index (χ2v) is 8.55. The van der Waals surface area contributed by atoms with Crippen molar-refractivity contribution in [1.82, 2.24) is 4.90 Å². The van der Waals surface area contributed by atoms with Gasteiger partial charge in [0.2, 0.25) is 0 Å². The molecule has 0 aliphatic carbocycles. The van der Waals surface area contributed by atoms with Crippen LogP contribution in [0.15, 0.2) is 78.9 Å². The lowest BCUT2D eigenvalue weighted by Crippen LogP contribution is -2.37. The molecule has 0 unspecified atom stereocenters. The maximum Gasteiger partial charge on any atom is 0.120 e. The molecular weight excluding hydrogens is 382 g/mol. The molecule has 162 valence electrons. The first-order valence-electron chi connectivity index (χ1n) is 11.5. The van der Waals surface area contributed by atoms with Crippen molar-refractivity contribution in [3.05, 3.63) is 101 Å². The van der Waals surface area contributed by atoms with Crippen LogP contribution in [0.3, 0.4) is 0 Å². The van der Waals surface area contributed by atoms with E-state index in [2.05, 4.69) is 66.4 Å². The molecule has 0 amide bonds. The fraction of sp³-hybridized carbons (Fsp3) is 0.357. The molecule has 3 aromatic carbocycles. The SMILES string of the molecule is C[C@H]1[C@@H](O)c2ccc(OCc3ccccc3)cc2CCN1CCCCc1ccccc1. The maximum absolute atomic E-state index is 11.0. The van der Waals surface area contributed by atoms with E-state index >= 15 is 0 Å². The van der Waals surface area contributed by atoms with Gasteiger partial charge in [-0.3, -0.25) is 4.90 Å². The van der Waals surface area contributed by atoms with E-state index in [0.29, 0.717) is 6.61 Å². The predicted octanol–water partition coefficient (Wildman–Crippen LogP) is 5.57. The number of rotatable bonds is 8. The molecule has 1 aliphatic rings. The van der Waals surface area contributed by atoms with E-state index in [1.165, 1.54) is 17.5 Å². The zero-order valence-corrected chi connectivity index (χ0v) is 18.4. The summed E-state index contributed by atoms with van der Waals surface area (Å²) in [5.74, 6) is 0.874. The zero-order valence-electron chi connectivity index (χ0n) is 18.4. The second-order valence-electron chi connectivity index (χ2n) is 8.55. The summed E-state index contributed by atoms with van der Waals surface area (Å²) in [6, 6.07) is 27.2. The quantitative estimate of drug-likeness (QED) is 0.488. The molecule has 1 aliphatic heterocycles. The Hall–Kier alpha value is -2.62. The molecule has 0 spiro atoms. The number of ether oxygens (including phenoxy) is 1. The van der Waals surface area contributed by atoms with Crippen LogP contribution < -0.4 is 4.74 Å². The number of hydrogen-bond acceptors (Lipinski definition) is 3.